The van der Waals surface area contributed by atoms with Gasteiger partial charge >= 0.3 is 0 Å². The Bertz CT molecular complexity index is 820. The number of hydrogen-bond donors (Lipinski definition) is 1. The highest BCUT2D eigenvalue weighted by molar-refractivity contribution is 6.32. The van der Waals surface area contributed by atoms with Crippen LogP contribution in [-0.4, -0.2) is 24.9 Å². The van der Waals surface area contributed by atoms with Crippen LogP contribution in [0.2, 0.25) is 5.02 Å². The predicted octanol–water partition coefficient (Wildman–Crippen LogP) is 5.37. The number of halogens is 1. The third-order valence-electron chi connectivity index (χ3n) is 3.84. The lowest BCUT2D eigenvalue weighted by Gasteiger charge is -2.15. The molecule has 5 nitrogen and oxygen atoms in total. The van der Waals surface area contributed by atoms with Crippen LogP contribution in [0.15, 0.2) is 36.4 Å². The van der Waals surface area contributed by atoms with Crippen LogP contribution in [0.3, 0.4) is 0 Å². The molecule has 0 aromatic heterocycles. The molecule has 0 fully saturated rings. The zero-order valence-corrected chi connectivity index (χ0v) is 16.6. The summed E-state index contributed by atoms with van der Waals surface area (Å²) in [6.07, 6.45) is 1.90. The number of rotatable bonds is 9. The van der Waals surface area contributed by atoms with Crippen molar-refractivity contribution < 1.29 is 19.1 Å². The van der Waals surface area contributed by atoms with Gasteiger partial charge in [-0.1, -0.05) is 37.1 Å². The Kier molecular flexibility index (Phi) is 7.67. The van der Waals surface area contributed by atoms with E-state index in [9.17, 15) is 9.59 Å². The second-order valence-electron chi connectivity index (χ2n) is 6.01. The largest absolute Gasteiger partial charge is 0.490 e. The summed E-state index contributed by atoms with van der Waals surface area (Å²) >= 11 is 6.33. The molecule has 0 spiro atoms. The molecule has 0 saturated heterocycles. The first kappa shape index (κ1) is 20.8. The highest BCUT2D eigenvalue weighted by Gasteiger charge is 2.17. The van der Waals surface area contributed by atoms with Crippen LogP contribution in [0.5, 0.6) is 11.5 Å². The van der Waals surface area contributed by atoms with Gasteiger partial charge in [0.2, 0.25) is 0 Å². The molecule has 0 atom stereocenters. The maximum Gasteiger partial charge on any atom is 0.255 e. The van der Waals surface area contributed by atoms with Crippen molar-refractivity contribution in [2.24, 2.45) is 0 Å². The molecule has 2 aromatic rings. The van der Waals surface area contributed by atoms with Crippen molar-refractivity contribution in [1.82, 2.24) is 0 Å². The number of carbonyl (C=O) groups is 2. The van der Waals surface area contributed by atoms with Gasteiger partial charge in [-0.05, 0) is 44.5 Å². The second kappa shape index (κ2) is 9.97. The molecule has 0 aliphatic heterocycles. The van der Waals surface area contributed by atoms with E-state index in [1.54, 1.807) is 36.4 Å². The zero-order chi connectivity index (χ0) is 19.8. The van der Waals surface area contributed by atoms with E-state index in [0.29, 0.717) is 46.5 Å². The molecular formula is C21H24ClNO4. The van der Waals surface area contributed by atoms with E-state index < -0.39 is 0 Å². The third-order valence-corrected chi connectivity index (χ3v) is 4.12. The first-order valence-corrected chi connectivity index (χ1v) is 9.35. The Morgan fingerprint density at radius 3 is 2.52 bits per heavy atom. The molecule has 0 heterocycles. The Morgan fingerprint density at radius 1 is 1.07 bits per heavy atom. The third kappa shape index (κ3) is 5.73. The smallest absolute Gasteiger partial charge is 0.255 e. The van der Waals surface area contributed by atoms with Crippen molar-refractivity contribution in [3.63, 3.8) is 0 Å². The number of ether oxygens (including phenoxy) is 2. The Balaban J connectivity index is 2.25. The number of amides is 1. The fourth-order valence-electron chi connectivity index (χ4n) is 2.44. The van der Waals surface area contributed by atoms with Crippen LogP contribution in [-0.2, 0) is 0 Å². The van der Waals surface area contributed by atoms with Crippen LogP contribution in [0.25, 0.3) is 0 Å². The number of anilines is 1. The molecule has 144 valence electrons. The van der Waals surface area contributed by atoms with Crippen LogP contribution in [0, 0.1) is 0 Å². The molecule has 2 aromatic carbocycles. The molecule has 1 N–H and O–H groups in total. The molecule has 0 aliphatic carbocycles. The summed E-state index contributed by atoms with van der Waals surface area (Å²) in [5, 5.41) is 3.09. The van der Waals surface area contributed by atoms with Crippen molar-refractivity contribution in [1.29, 1.82) is 0 Å². The van der Waals surface area contributed by atoms with Crippen LogP contribution >= 0.6 is 11.6 Å². The summed E-state index contributed by atoms with van der Waals surface area (Å²) in [7, 11) is 0. The standard InChI is InChI=1S/C21H24ClNO4/c1-4-6-10-27-20-18(22)12-16(13-19(20)26-5-2)21(25)23-17-9-7-8-15(11-17)14(3)24/h7-9,11-13H,4-6,10H2,1-3H3,(H,23,25). The number of ketones is 1. The summed E-state index contributed by atoms with van der Waals surface area (Å²) < 4.78 is 11.3. The van der Waals surface area contributed by atoms with Gasteiger partial charge in [0, 0.05) is 16.8 Å². The minimum absolute atomic E-state index is 0.0682. The van der Waals surface area contributed by atoms with Gasteiger partial charge in [0.05, 0.1) is 18.2 Å². The van der Waals surface area contributed by atoms with Gasteiger partial charge in [-0.2, -0.15) is 0 Å². The van der Waals surface area contributed by atoms with Crippen molar-refractivity contribution in [2.45, 2.75) is 33.6 Å². The number of unbranched alkanes of at least 4 members (excludes halogenated alkanes) is 1. The summed E-state index contributed by atoms with van der Waals surface area (Å²) in [6.45, 7) is 6.35. The Morgan fingerprint density at radius 2 is 1.85 bits per heavy atom. The molecule has 27 heavy (non-hydrogen) atoms. The fraction of sp³-hybridized carbons (Fsp3) is 0.333. The first-order chi connectivity index (χ1) is 13.0. The number of nitrogens with one attached hydrogen (secondary N) is 1. The van der Waals surface area contributed by atoms with Gasteiger partial charge in [0.15, 0.2) is 17.3 Å². The van der Waals surface area contributed by atoms with Crippen molar-refractivity contribution in [2.75, 3.05) is 18.5 Å². The van der Waals surface area contributed by atoms with Gasteiger partial charge < -0.3 is 14.8 Å². The van der Waals surface area contributed by atoms with Gasteiger partial charge in [-0.25, -0.2) is 0 Å². The maximum absolute atomic E-state index is 12.6. The molecule has 0 aliphatic rings. The zero-order valence-electron chi connectivity index (χ0n) is 15.8. The van der Waals surface area contributed by atoms with Gasteiger partial charge in [-0.15, -0.1) is 0 Å². The normalized spacial score (nSPS) is 10.4. The number of Topliss-reactive ketones (excluding diaryl/α,β-unsaturated/α-hetero) is 1. The molecule has 6 heteroatoms. The molecular weight excluding hydrogens is 366 g/mol. The number of benzene rings is 2. The van der Waals surface area contributed by atoms with Crippen molar-refractivity contribution in [3.05, 3.63) is 52.5 Å². The average Bonchev–Trinajstić information content (AvgIpc) is 2.64. The summed E-state index contributed by atoms with van der Waals surface area (Å²) in [4.78, 5) is 24.1. The van der Waals surface area contributed by atoms with E-state index in [1.807, 2.05) is 6.92 Å². The van der Waals surface area contributed by atoms with E-state index in [-0.39, 0.29) is 11.7 Å². The second-order valence-corrected chi connectivity index (χ2v) is 6.42. The Hall–Kier alpha value is -2.53. The number of carbonyl (C=O) groups excluding carboxylic acids is 2. The minimum atomic E-state index is -0.348. The van der Waals surface area contributed by atoms with Crippen LogP contribution in [0.4, 0.5) is 5.69 Å². The summed E-state index contributed by atoms with van der Waals surface area (Å²) in [6, 6.07) is 9.93. The fourth-order valence-corrected chi connectivity index (χ4v) is 2.71. The highest BCUT2D eigenvalue weighted by Crippen LogP contribution is 2.37. The van der Waals surface area contributed by atoms with Gasteiger partial charge in [0.25, 0.3) is 5.91 Å². The lowest BCUT2D eigenvalue weighted by Crippen LogP contribution is -2.13. The first-order valence-electron chi connectivity index (χ1n) is 8.97. The average molecular weight is 390 g/mol. The van der Waals surface area contributed by atoms with Crippen LogP contribution in [0.1, 0.15) is 54.3 Å². The predicted molar refractivity (Wildman–Crippen MR) is 107 cm³/mol. The Labute approximate surface area is 164 Å². The molecule has 1 amide bonds. The lowest BCUT2D eigenvalue weighted by molar-refractivity contribution is 0.101. The van der Waals surface area contributed by atoms with Gasteiger partial charge in [0.1, 0.15) is 0 Å². The minimum Gasteiger partial charge on any atom is -0.490 e. The molecule has 0 radical (unpaired) electrons. The lowest BCUT2D eigenvalue weighted by atomic mass is 10.1. The van der Waals surface area contributed by atoms with E-state index in [1.165, 1.54) is 6.92 Å². The van der Waals surface area contributed by atoms with Gasteiger partial charge in [-0.3, -0.25) is 9.59 Å². The summed E-state index contributed by atoms with van der Waals surface area (Å²) in [5.74, 6) is 0.464. The molecule has 0 saturated carbocycles. The van der Waals surface area contributed by atoms with Crippen molar-refractivity contribution in [3.8, 4) is 11.5 Å². The highest BCUT2D eigenvalue weighted by atomic mass is 35.5. The monoisotopic (exact) mass is 389 g/mol. The topological polar surface area (TPSA) is 64.6 Å². The van der Waals surface area contributed by atoms with Crippen LogP contribution < -0.4 is 14.8 Å². The van der Waals surface area contributed by atoms with Crippen molar-refractivity contribution >= 4 is 29.0 Å². The maximum atomic E-state index is 12.6. The number of hydrogen-bond acceptors (Lipinski definition) is 4. The molecule has 0 unspecified atom stereocenters. The van der Waals surface area contributed by atoms with E-state index in [0.717, 1.165) is 12.8 Å². The summed E-state index contributed by atoms with van der Waals surface area (Å²) in [5.41, 5.74) is 1.41. The van der Waals surface area contributed by atoms with E-state index in [4.69, 9.17) is 21.1 Å². The molecule has 0 bridgehead atoms. The SMILES string of the molecule is CCCCOc1c(Cl)cc(C(=O)Nc2cccc(C(C)=O)c2)cc1OCC. The quantitative estimate of drug-likeness (QED) is 0.462. The van der Waals surface area contributed by atoms with E-state index in [2.05, 4.69) is 12.2 Å². The molecule has 2 rings (SSSR count). The van der Waals surface area contributed by atoms with E-state index >= 15 is 0 Å².